The van der Waals surface area contributed by atoms with Crippen LogP contribution in [0.3, 0.4) is 0 Å². The van der Waals surface area contributed by atoms with E-state index in [1.807, 2.05) is 0 Å². The van der Waals surface area contributed by atoms with Crippen molar-refractivity contribution in [1.29, 1.82) is 0 Å². The van der Waals surface area contributed by atoms with Crippen LogP contribution in [0.2, 0.25) is 0 Å². The topological polar surface area (TPSA) is 187 Å². The standard InChI is InChI=1S/C24H30FN4O9P/c1-5-11-24(27)19(30)18(36-22(24)29-12-17(25)20(26)28-23(29)32)13-34-39(33,38-16-9-7-6-8-10-16)37-15(4)21(31)35-14(2)3/h6-10,12,14-15,18-19,22,30H,13,27H2,1-4H3,(H2,26,28,32)/t15-,18+,19-,22+,24+,39-/m0/s1. The van der Waals surface area contributed by atoms with Crippen LogP contribution in [0, 0.1) is 17.7 Å². The van der Waals surface area contributed by atoms with Gasteiger partial charge in [-0.25, -0.2) is 18.5 Å². The Labute approximate surface area is 223 Å². The molecule has 3 rings (SSSR count). The number of ether oxygens (including phenoxy) is 2. The Morgan fingerprint density at radius 1 is 1.33 bits per heavy atom. The molecule has 1 saturated heterocycles. The first-order valence-electron chi connectivity index (χ1n) is 11.8. The number of carbonyl (C=O) groups is 1. The molecule has 1 aliphatic heterocycles. The number of para-hydroxylation sites is 1. The summed E-state index contributed by atoms with van der Waals surface area (Å²) in [5.41, 5.74) is 8.72. The maximum absolute atomic E-state index is 14.1. The predicted octanol–water partition coefficient (Wildman–Crippen LogP) is 1.50. The van der Waals surface area contributed by atoms with Crippen LogP contribution in [0.15, 0.2) is 41.3 Å². The smallest absolute Gasteiger partial charge is 0.461 e. The normalized spacial score (nSPS) is 24.9. The molecule has 6 atom stereocenters. The molecular formula is C24H30FN4O9P. The summed E-state index contributed by atoms with van der Waals surface area (Å²) in [5, 5.41) is 11.0. The zero-order valence-electron chi connectivity index (χ0n) is 21.6. The van der Waals surface area contributed by atoms with E-state index in [0.717, 1.165) is 6.20 Å². The number of hydrogen-bond acceptors (Lipinski definition) is 12. The van der Waals surface area contributed by atoms with Gasteiger partial charge in [-0.1, -0.05) is 24.1 Å². The van der Waals surface area contributed by atoms with Crippen molar-refractivity contribution in [3.8, 4) is 17.6 Å². The second-order valence-electron chi connectivity index (χ2n) is 8.82. The van der Waals surface area contributed by atoms with E-state index in [1.54, 1.807) is 32.0 Å². The van der Waals surface area contributed by atoms with Gasteiger partial charge < -0.3 is 30.6 Å². The molecule has 0 radical (unpaired) electrons. The van der Waals surface area contributed by atoms with E-state index >= 15 is 0 Å². The molecule has 15 heteroatoms. The van der Waals surface area contributed by atoms with Crippen molar-refractivity contribution in [2.24, 2.45) is 5.73 Å². The van der Waals surface area contributed by atoms with Crippen LogP contribution in [0.4, 0.5) is 10.2 Å². The largest absolute Gasteiger partial charge is 0.530 e. The highest BCUT2D eigenvalue weighted by molar-refractivity contribution is 7.49. The Hall–Kier alpha value is -3.31. The van der Waals surface area contributed by atoms with Gasteiger partial charge in [-0.2, -0.15) is 4.98 Å². The lowest BCUT2D eigenvalue weighted by Gasteiger charge is -2.28. The zero-order valence-corrected chi connectivity index (χ0v) is 22.5. The van der Waals surface area contributed by atoms with Crippen LogP contribution in [-0.2, 0) is 27.9 Å². The zero-order chi connectivity index (χ0) is 29.0. The molecule has 0 saturated carbocycles. The van der Waals surface area contributed by atoms with Gasteiger partial charge in [0, 0.05) is 0 Å². The quantitative estimate of drug-likeness (QED) is 0.213. The molecule has 1 aromatic carbocycles. The number of aromatic nitrogens is 2. The van der Waals surface area contributed by atoms with Gasteiger partial charge in [0.1, 0.15) is 18.0 Å². The average Bonchev–Trinajstić information content (AvgIpc) is 3.10. The summed E-state index contributed by atoms with van der Waals surface area (Å²) in [6, 6.07) is 7.86. The number of nitrogens with zero attached hydrogens (tertiary/aromatic N) is 2. The number of carbonyl (C=O) groups excluding carboxylic acids is 1. The molecule has 212 valence electrons. The number of nitrogens with two attached hydrogens (primary N) is 2. The van der Waals surface area contributed by atoms with Gasteiger partial charge in [-0.3, -0.25) is 13.6 Å². The van der Waals surface area contributed by atoms with E-state index in [0.29, 0.717) is 4.57 Å². The molecule has 39 heavy (non-hydrogen) atoms. The van der Waals surface area contributed by atoms with Crippen molar-refractivity contribution >= 4 is 19.6 Å². The van der Waals surface area contributed by atoms with Gasteiger partial charge in [0.05, 0.1) is 18.9 Å². The third kappa shape index (κ3) is 7.02. The van der Waals surface area contributed by atoms with Crippen molar-refractivity contribution in [3.05, 3.63) is 52.8 Å². The van der Waals surface area contributed by atoms with E-state index in [2.05, 4.69) is 16.8 Å². The Bertz CT molecular complexity index is 1350. The molecule has 2 aromatic rings. The number of phosphoric ester groups is 1. The maximum atomic E-state index is 14.1. The molecule has 0 unspecified atom stereocenters. The summed E-state index contributed by atoms with van der Waals surface area (Å²) < 4.78 is 55.6. The number of halogens is 1. The highest BCUT2D eigenvalue weighted by Crippen LogP contribution is 2.51. The third-order valence-corrected chi connectivity index (χ3v) is 6.88. The van der Waals surface area contributed by atoms with Crippen molar-refractivity contribution in [1.82, 2.24) is 9.55 Å². The Morgan fingerprint density at radius 3 is 2.62 bits per heavy atom. The highest BCUT2D eigenvalue weighted by atomic mass is 31.2. The maximum Gasteiger partial charge on any atom is 0.530 e. The van der Waals surface area contributed by atoms with E-state index in [4.69, 9.17) is 34.5 Å². The molecule has 0 spiro atoms. The number of nitrogen functional groups attached to an aromatic ring is 1. The molecule has 0 bridgehead atoms. The van der Waals surface area contributed by atoms with Crippen LogP contribution < -0.4 is 21.7 Å². The van der Waals surface area contributed by atoms with Crippen molar-refractivity contribution in [2.45, 2.75) is 63.9 Å². The number of phosphoric acid groups is 1. The fraction of sp³-hybridized carbons (Fsp3) is 0.458. The first-order valence-corrected chi connectivity index (χ1v) is 13.2. The molecule has 13 nitrogen and oxygen atoms in total. The van der Waals surface area contributed by atoms with Crippen molar-refractivity contribution in [2.75, 3.05) is 12.3 Å². The lowest BCUT2D eigenvalue weighted by Crippen LogP contribution is -2.55. The van der Waals surface area contributed by atoms with Gasteiger partial charge >= 0.3 is 19.5 Å². The number of rotatable bonds is 10. The first-order chi connectivity index (χ1) is 18.3. The van der Waals surface area contributed by atoms with Gasteiger partial charge in [0.15, 0.2) is 29.5 Å². The Morgan fingerprint density at radius 2 is 2.00 bits per heavy atom. The lowest BCUT2D eigenvalue weighted by molar-refractivity contribution is -0.156. The molecular weight excluding hydrogens is 538 g/mol. The summed E-state index contributed by atoms with van der Waals surface area (Å²) in [6.45, 7) is 5.31. The van der Waals surface area contributed by atoms with Gasteiger partial charge in [0.2, 0.25) is 0 Å². The van der Waals surface area contributed by atoms with E-state index in [1.165, 1.54) is 26.0 Å². The number of esters is 1. The molecule has 1 aliphatic rings. The van der Waals surface area contributed by atoms with Crippen LogP contribution >= 0.6 is 7.82 Å². The minimum Gasteiger partial charge on any atom is -0.461 e. The number of anilines is 1. The summed E-state index contributed by atoms with van der Waals surface area (Å²) in [5.74, 6) is 2.72. The van der Waals surface area contributed by atoms with Crippen molar-refractivity contribution < 1.29 is 41.9 Å². The summed E-state index contributed by atoms with van der Waals surface area (Å²) in [4.78, 5) is 28.1. The van der Waals surface area contributed by atoms with Crippen LogP contribution in [0.1, 0.15) is 33.9 Å². The van der Waals surface area contributed by atoms with E-state index < -0.39 is 73.9 Å². The third-order valence-electron chi connectivity index (χ3n) is 5.41. The minimum absolute atomic E-state index is 0.0935. The second-order valence-corrected chi connectivity index (χ2v) is 10.4. The average molecular weight is 568 g/mol. The summed E-state index contributed by atoms with van der Waals surface area (Å²) >= 11 is 0. The monoisotopic (exact) mass is 568 g/mol. The van der Waals surface area contributed by atoms with Gasteiger partial charge in [0.25, 0.3) is 0 Å². The Balaban J connectivity index is 1.88. The molecule has 2 heterocycles. The van der Waals surface area contributed by atoms with Crippen molar-refractivity contribution in [3.63, 3.8) is 0 Å². The molecule has 1 fully saturated rings. The number of hydrogen-bond donors (Lipinski definition) is 3. The molecule has 5 N–H and O–H groups in total. The van der Waals surface area contributed by atoms with E-state index in [9.17, 15) is 23.7 Å². The second kappa shape index (κ2) is 12.3. The predicted molar refractivity (Wildman–Crippen MR) is 136 cm³/mol. The minimum atomic E-state index is -4.57. The summed E-state index contributed by atoms with van der Waals surface area (Å²) in [6.07, 6.45) is -5.67. The first kappa shape index (κ1) is 30.2. The van der Waals surface area contributed by atoms with E-state index in [-0.39, 0.29) is 5.75 Å². The highest BCUT2D eigenvalue weighted by Gasteiger charge is 2.55. The SMILES string of the molecule is CC#C[C@@]1(N)[C@@H](O)[C@@H](CO[P@](=O)(Oc2ccccc2)O[C@@H](C)C(=O)OC(C)C)O[C@H]1n1cc(F)c(N)nc1=O. The number of aliphatic hydroxyl groups is 1. The van der Waals surface area contributed by atoms with Gasteiger partial charge in [-0.05, 0) is 39.8 Å². The van der Waals surface area contributed by atoms with Crippen LogP contribution in [0.5, 0.6) is 5.75 Å². The number of benzene rings is 1. The molecule has 1 aromatic heterocycles. The van der Waals surface area contributed by atoms with Crippen LogP contribution in [0.25, 0.3) is 0 Å². The number of aliphatic hydroxyl groups excluding tert-OH is 1. The summed E-state index contributed by atoms with van der Waals surface area (Å²) in [7, 11) is -4.57. The molecule has 0 amide bonds. The fourth-order valence-corrected chi connectivity index (χ4v) is 4.97. The van der Waals surface area contributed by atoms with Gasteiger partial charge in [-0.15, -0.1) is 5.92 Å². The fourth-order valence-electron chi connectivity index (χ4n) is 3.63. The Kier molecular flexibility index (Phi) is 9.50. The van der Waals surface area contributed by atoms with Crippen LogP contribution in [-0.4, -0.2) is 57.2 Å². The lowest BCUT2D eigenvalue weighted by atomic mass is 9.91. The molecule has 0 aliphatic carbocycles.